The summed E-state index contributed by atoms with van der Waals surface area (Å²) >= 11 is 5.98. The molecule has 19 heavy (non-hydrogen) atoms. The monoisotopic (exact) mass is 276 g/mol. The van der Waals surface area contributed by atoms with Crippen LogP contribution >= 0.6 is 11.6 Å². The maximum atomic E-state index is 5.98. The molecule has 100 valence electrons. The average Bonchev–Trinajstić information content (AvgIpc) is 2.33. The zero-order chi connectivity index (χ0) is 13.8. The molecule has 0 spiro atoms. The largest absolute Gasteiger partial charge is 0.456 e. The summed E-state index contributed by atoms with van der Waals surface area (Å²) in [5.41, 5.74) is 7.83. The lowest BCUT2D eigenvalue weighted by molar-refractivity contribution is 0.478. The molecule has 0 radical (unpaired) electrons. The standard InChI is InChI=1S/C15H17ClN2O/c1-10-5-13(3-4-15(10)16)19-14-7-12(6-11(2)17)8-18-9-14/h3-5,7-9,11H,6,17H2,1-2H3. The lowest BCUT2D eigenvalue weighted by Gasteiger charge is -2.09. The van der Waals surface area contributed by atoms with E-state index < -0.39 is 0 Å². The third-order valence-electron chi connectivity index (χ3n) is 2.69. The summed E-state index contributed by atoms with van der Waals surface area (Å²) in [6.45, 7) is 3.91. The third-order valence-corrected chi connectivity index (χ3v) is 3.12. The smallest absolute Gasteiger partial charge is 0.145 e. The molecule has 4 heteroatoms. The van der Waals surface area contributed by atoms with Gasteiger partial charge in [-0.2, -0.15) is 0 Å². The van der Waals surface area contributed by atoms with Crippen molar-refractivity contribution in [3.8, 4) is 11.5 Å². The zero-order valence-corrected chi connectivity index (χ0v) is 11.8. The Kier molecular flexibility index (Phi) is 4.40. The molecule has 1 heterocycles. The second kappa shape index (κ2) is 6.04. The van der Waals surface area contributed by atoms with Crippen LogP contribution in [0.25, 0.3) is 0 Å². The second-order valence-corrected chi connectivity index (χ2v) is 5.13. The van der Waals surface area contributed by atoms with Crippen LogP contribution < -0.4 is 10.5 Å². The Hall–Kier alpha value is -1.58. The maximum absolute atomic E-state index is 5.98. The van der Waals surface area contributed by atoms with E-state index in [1.807, 2.05) is 44.3 Å². The topological polar surface area (TPSA) is 48.1 Å². The van der Waals surface area contributed by atoms with Gasteiger partial charge >= 0.3 is 0 Å². The van der Waals surface area contributed by atoms with Crippen molar-refractivity contribution in [3.63, 3.8) is 0 Å². The van der Waals surface area contributed by atoms with Crippen molar-refractivity contribution in [1.29, 1.82) is 0 Å². The van der Waals surface area contributed by atoms with Crippen LogP contribution in [0.15, 0.2) is 36.7 Å². The first kappa shape index (κ1) is 13.8. The Morgan fingerprint density at radius 1 is 1.26 bits per heavy atom. The Labute approximate surface area is 118 Å². The summed E-state index contributed by atoms with van der Waals surface area (Å²) in [5, 5.41) is 0.733. The van der Waals surface area contributed by atoms with Gasteiger partial charge in [0, 0.05) is 17.3 Å². The summed E-state index contributed by atoms with van der Waals surface area (Å²) in [6.07, 6.45) is 4.28. The molecule has 0 fully saturated rings. The van der Waals surface area contributed by atoms with E-state index >= 15 is 0 Å². The molecular weight excluding hydrogens is 260 g/mol. The van der Waals surface area contributed by atoms with E-state index in [0.29, 0.717) is 5.75 Å². The van der Waals surface area contributed by atoms with E-state index in [9.17, 15) is 0 Å². The van der Waals surface area contributed by atoms with Gasteiger partial charge in [-0.05, 0) is 55.7 Å². The Bertz CT molecular complexity index is 570. The summed E-state index contributed by atoms with van der Waals surface area (Å²) in [7, 11) is 0. The highest BCUT2D eigenvalue weighted by Gasteiger charge is 2.04. The normalized spacial score (nSPS) is 12.2. The van der Waals surface area contributed by atoms with E-state index in [-0.39, 0.29) is 6.04 Å². The van der Waals surface area contributed by atoms with E-state index in [2.05, 4.69) is 4.98 Å². The highest BCUT2D eigenvalue weighted by molar-refractivity contribution is 6.31. The van der Waals surface area contributed by atoms with Crippen molar-refractivity contribution < 1.29 is 4.74 Å². The van der Waals surface area contributed by atoms with Crippen molar-refractivity contribution in [3.05, 3.63) is 52.8 Å². The molecule has 0 aliphatic carbocycles. The van der Waals surface area contributed by atoms with Gasteiger partial charge in [0.15, 0.2) is 0 Å². The number of rotatable bonds is 4. The van der Waals surface area contributed by atoms with Crippen LogP contribution in [0.2, 0.25) is 5.02 Å². The number of benzene rings is 1. The van der Waals surface area contributed by atoms with Crippen LogP contribution in [0.3, 0.4) is 0 Å². The van der Waals surface area contributed by atoms with Gasteiger partial charge in [0.2, 0.25) is 0 Å². The summed E-state index contributed by atoms with van der Waals surface area (Å²) in [4.78, 5) is 4.17. The van der Waals surface area contributed by atoms with Gasteiger partial charge in [0.25, 0.3) is 0 Å². The molecule has 2 rings (SSSR count). The number of halogens is 1. The van der Waals surface area contributed by atoms with Crippen molar-refractivity contribution in [2.45, 2.75) is 26.3 Å². The highest BCUT2D eigenvalue weighted by atomic mass is 35.5. The summed E-state index contributed by atoms with van der Waals surface area (Å²) in [6, 6.07) is 7.63. The molecule has 1 atom stereocenters. The van der Waals surface area contributed by atoms with Crippen LogP contribution in [0.4, 0.5) is 0 Å². The van der Waals surface area contributed by atoms with E-state index in [1.165, 1.54) is 0 Å². The van der Waals surface area contributed by atoms with Gasteiger partial charge in [0.05, 0.1) is 6.20 Å². The number of nitrogens with zero attached hydrogens (tertiary/aromatic N) is 1. The molecule has 0 aliphatic rings. The number of aromatic nitrogens is 1. The molecule has 0 bridgehead atoms. The van der Waals surface area contributed by atoms with Gasteiger partial charge in [-0.3, -0.25) is 4.98 Å². The maximum Gasteiger partial charge on any atom is 0.145 e. The number of ether oxygens (including phenoxy) is 1. The van der Waals surface area contributed by atoms with Crippen LogP contribution in [-0.2, 0) is 6.42 Å². The highest BCUT2D eigenvalue weighted by Crippen LogP contribution is 2.26. The SMILES string of the molecule is Cc1cc(Oc2cncc(CC(C)N)c2)ccc1Cl. The lowest BCUT2D eigenvalue weighted by Crippen LogP contribution is -2.17. The van der Waals surface area contributed by atoms with E-state index in [0.717, 1.165) is 28.3 Å². The van der Waals surface area contributed by atoms with Crippen molar-refractivity contribution in [2.24, 2.45) is 5.73 Å². The van der Waals surface area contributed by atoms with E-state index in [4.69, 9.17) is 22.1 Å². The summed E-state index contributed by atoms with van der Waals surface area (Å²) < 4.78 is 5.77. The minimum atomic E-state index is 0.106. The fraction of sp³-hybridized carbons (Fsp3) is 0.267. The minimum absolute atomic E-state index is 0.106. The molecule has 1 unspecified atom stereocenters. The molecule has 1 aromatic heterocycles. The van der Waals surface area contributed by atoms with Gasteiger partial charge in [-0.1, -0.05) is 11.6 Å². The van der Waals surface area contributed by atoms with Crippen LogP contribution in [0.1, 0.15) is 18.1 Å². The average molecular weight is 277 g/mol. The molecule has 3 nitrogen and oxygen atoms in total. The number of hydrogen-bond acceptors (Lipinski definition) is 3. The second-order valence-electron chi connectivity index (χ2n) is 4.72. The molecule has 1 aromatic carbocycles. The van der Waals surface area contributed by atoms with Gasteiger partial charge in [-0.15, -0.1) is 0 Å². The Morgan fingerprint density at radius 2 is 2.05 bits per heavy atom. The van der Waals surface area contributed by atoms with Crippen molar-refractivity contribution in [2.75, 3.05) is 0 Å². The first-order valence-corrected chi connectivity index (χ1v) is 6.56. The van der Waals surface area contributed by atoms with Gasteiger partial charge in [0.1, 0.15) is 11.5 Å². The zero-order valence-electron chi connectivity index (χ0n) is 11.1. The van der Waals surface area contributed by atoms with Gasteiger partial charge in [-0.25, -0.2) is 0 Å². The molecule has 0 amide bonds. The molecule has 0 saturated heterocycles. The van der Waals surface area contributed by atoms with Crippen LogP contribution in [0.5, 0.6) is 11.5 Å². The first-order chi connectivity index (χ1) is 9.04. The van der Waals surface area contributed by atoms with Crippen LogP contribution in [0, 0.1) is 6.92 Å². The summed E-state index contributed by atoms with van der Waals surface area (Å²) in [5.74, 6) is 1.46. The fourth-order valence-corrected chi connectivity index (χ4v) is 1.94. The predicted molar refractivity (Wildman–Crippen MR) is 77.9 cm³/mol. The number of pyridine rings is 1. The Morgan fingerprint density at radius 3 is 2.74 bits per heavy atom. The molecule has 0 saturated carbocycles. The number of hydrogen-bond donors (Lipinski definition) is 1. The third kappa shape index (κ3) is 3.94. The molecule has 2 aromatic rings. The van der Waals surface area contributed by atoms with Crippen LogP contribution in [-0.4, -0.2) is 11.0 Å². The van der Waals surface area contributed by atoms with E-state index in [1.54, 1.807) is 6.20 Å². The van der Waals surface area contributed by atoms with Crippen molar-refractivity contribution in [1.82, 2.24) is 4.98 Å². The van der Waals surface area contributed by atoms with Gasteiger partial charge < -0.3 is 10.5 Å². The minimum Gasteiger partial charge on any atom is -0.456 e. The molecule has 0 aliphatic heterocycles. The predicted octanol–water partition coefficient (Wildman–Crippen LogP) is 3.73. The Balaban J connectivity index is 2.16. The quantitative estimate of drug-likeness (QED) is 0.926. The number of nitrogens with two attached hydrogens (primary N) is 1. The first-order valence-electron chi connectivity index (χ1n) is 6.18. The molecular formula is C15H17ClN2O. The lowest BCUT2D eigenvalue weighted by atomic mass is 10.1. The number of aryl methyl sites for hydroxylation is 1. The fourth-order valence-electron chi connectivity index (χ4n) is 1.82. The van der Waals surface area contributed by atoms with Crippen molar-refractivity contribution >= 4 is 11.6 Å². The molecule has 2 N–H and O–H groups in total.